The molecular formula is C21H25Cl2N3O3S. The Bertz CT molecular complexity index is 928. The number of amides is 2. The summed E-state index contributed by atoms with van der Waals surface area (Å²) in [6.45, 7) is 1.81. The predicted molar refractivity (Wildman–Crippen MR) is 122 cm³/mol. The summed E-state index contributed by atoms with van der Waals surface area (Å²) >= 11 is 7.34. The van der Waals surface area contributed by atoms with Crippen molar-refractivity contribution >= 4 is 52.3 Å². The van der Waals surface area contributed by atoms with Crippen molar-refractivity contribution in [3.05, 3.63) is 51.9 Å². The van der Waals surface area contributed by atoms with Gasteiger partial charge < -0.3 is 15.7 Å². The summed E-state index contributed by atoms with van der Waals surface area (Å²) in [4.78, 5) is 28.0. The van der Waals surface area contributed by atoms with Gasteiger partial charge in [0.2, 0.25) is 0 Å². The Morgan fingerprint density at radius 3 is 2.57 bits per heavy atom. The molecule has 1 aliphatic carbocycles. The minimum absolute atomic E-state index is 0. The molecule has 1 aliphatic heterocycles. The molecule has 0 bridgehead atoms. The van der Waals surface area contributed by atoms with Crippen molar-refractivity contribution in [1.29, 1.82) is 0 Å². The first-order valence-electron chi connectivity index (χ1n) is 9.81. The van der Waals surface area contributed by atoms with Gasteiger partial charge in [-0.15, -0.1) is 23.7 Å². The first kappa shape index (κ1) is 22.9. The molecule has 6 nitrogen and oxygen atoms in total. The fourth-order valence-electron chi connectivity index (χ4n) is 4.58. The van der Waals surface area contributed by atoms with Gasteiger partial charge in [-0.05, 0) is 55.5 Å². The van der Waals surface area contributed by atoms with Crippen LogP contribution in [0.25, 0.3) is 0 Å². The summed E-state index contributed by atoms with van der Waals surface area (Å²) in [7, 11) is 0. The third kappa shape index (κ3) is 4.17. The van der Waals surface area contributed by atoms with E-state index < -0.39 is 5.97 Å². The van der Waals surface area contributed by atoms with E-state index in [9.17, 15) is 9.59 Å². The van der Waals surface area contributed by atoms with E-state index >= 15 is 0 Å². The molecule has 0 atom stereocenters. The average Bonchev–Trinajstić information content (AvgIpc) is 3.35. The molecule has 2 heterocycles. The van der Waals surface area contributed by atoms with Crippen LogP contribution in [0.1, 0.15) is 40.9 Å². The molecule has 4 rings (SSSR count). The molecule has 2 aromatic rings. The van der Waals surface area contributed by atoms with Gasteiger partial charge in [0, 0.05) is 36.1 Å². The fraction of sp³-hybridized carbons (Fsp3) is 0.429. The second kappa shape index (κ2) is 9.14. The van der Waals surface area contributed by atoms with Crippen LogP contribution < -0.4 is 10.6 Å². The minimum atomic E-state index is -0.962. The van der Waals surface area contributed by atoms with Crippen LogP contribution in [0.2, 0.25) is 5.02 Å². The highest BCUT2D eigenvalue weighted by molar-refractivity contribution is 7.18. The number of hydrogen-bond donors (Lipinski definition) is 2. The number of nitrogens with zero attached hydrogens (tertiary/aromatic N) is 2. The Balaban J connectivity index is 0.00000256. The van der Waals surface area contributed by atoms with Gasteiger partial charge in [0.05, 0.1) is 5.00 Å². The number of benzene rings is 1. The number of anilines is 1. The maximum atomic E-state index is 13.0. The number of halogens is 2. The van der Waals surface area contributed by atoms with Crippen LogP contribution in [0.4, 0.5) is 9.80 Å². The first-order valence-corrected chi connectivity index (χ1v) is 11.0. The zero-order valence-electron chi connectivity index (χ0n) is 16.4. The monoisotopic (exact) mass is 469 g/mol. The largest absolute Gasteiger partial charge is 0.477 e. The van der Waals surface area contributed by atoms with E-state index in [0.717, 1.165) is 42.0 Å². The number of rotatable bonds is 5. The molecule has 0 unspecified atom stereocenters. The van der Waals surface area contributed by atoms with Crippen molar-refractivity contribution in [2.75, 3.05) is 24.5 Å². The molecule has 2 aliphatic rings. The highest BCUT2D eigenvalue weighted by Crippen LogP contribution is 2.42. The number of nitrogens with two attached hydrogens (primary N) is 1. The number of aromatic carboxylic acids is 1. The number of thiophene rings is 1. The standard InChI is InChI=1S/C21H24ClN3O3S.ClH/c22-15-3-1-2-14(12-15)21(13-23)8-6-16(7-9-21)24-10-11-25(20(24)28)18-5-4-17(29-18)19(26)27;/h1-5,12,16H,6-11,13,23H2,(H,26,27);1H/t16-,21-;. The van der Waals surface area contributed by atoms with E-state index in [1.54, 1.807) is 17.0 Å². The molecule has 2 amide bonds. The topological polar surface area (TPSA) is 86.9 Å². The Morgan fingerprint density at radius 2 is 1.97 bits per heavy atom. The normalized spacial score (nSPS) is 24.1. The van der Waals surface area contributed by atoms with Gasteiger partial charge in [-0.3, -0.25) is 4.90 Å². The van der Waals surface area contributed by atoms with Crippen LogP contribution in [-0.4, -0.2) is 47.7 Å². The van der Waals surface area contributed by atoms with Crippen molar-refractivity contribution in [1.82, 2.24) is 4.90 Å². The molecule has 1 saturated heterocycles. The molecule has 3 N–H and O–H groups in total. The summed E-state index contributed by atoms with van der Waals surface area (Å²) < 4.78 is 0. The van der Waals surface area contributed by atoms with E-state index in [0.29, 0.717) is 24.6 Å². The van der Waals surface area contributed by atoms with Gasteiger partial charge in [0.1, 0.15) is 4.88 Å². The highest BCUT2D eigenvalue weighted by atomic mass is 35.5. The van der Waals surface area contributed by atoms with Crippen LogP contribution in [-0.2, 0) is 5.41 Å². The molecule has 30 heavy (non-hydrogen) atoms. The maximum Gasteiger partial charge on any atom is 0.345 e. The van der Waals surface area contributed by atoms with Gasteiger partial charge in [-0.2, -0.15) is 0 Å². The lowest BCUT2D eigenvalue weighted by Crippen LogP contribution is -2.46. The predicted octanol–water partition coefficient (Wildman–Crippen LogP) is 4.60. The van der Waals surface area contributed by atoms with Crippen molar-refractivity contribution < 1.29 is 14.7 Å². The average molecular weight is 470 g/mol. The van der Waals surface area contributed by atoms with E-state index in [-0.39, 0.29) is 34.8 Å². The molecule has 0 radical (unpaired) electrons. The second-order valence-corrected chi connectivity index (χ2v) is 9.30. The second-order valence-electron chi connectivity index (χ2n) is 7.80. The lowest BCUT2D eigenvalue weighted by atomic mass is 9.68. The van der Waals surface area contributed by atoms with E-state index in [2.05, 4.69) is 6.07 Å². The molecule has 1 aromatic heterocycles. The third-order valence-corrected chi connectivity index (χ3v) is 7.62. The van der Waals surface area contributed by atoms with Crippen molar-refractivity contribution in [2.45, 2.75) is 37.1 Å². The van der Waals surface area contributed by atoms with Gasteiger partial charge in [-0.25, -0.2) is 9.59 Å². The Morgan fingerprint density at radius 1 is 1.23 bits per heavy atom. The number of carbonyl (C=O) groups is 2. The minimum Gasteiger partial charge on any atom is -0.477 e. The smallest absolute Gasteiger partial charge is 0.345 e. The Kier molecular flexibility index (Phi) is 6.97. The van der Waals surface area contributed by atoms with E-state index in [4.69, 9.17) is 22.4 Å². The number of urea groups is 1. The lowest BCUT2D eigenvalue weighted by molar-refractivity contribution is 0.0702. The zero-order chi connectivity index (χ0) is 20.6. The van der Waals surface area contributed by atoms with Gasteiger partial charge >= 0.3 is 12.0 Å². The molecule has 0 spiro atoms. The molecule has 162 valence electrons. The first-order chi connectivity index (χ1) is 13.9. The van der Waals surface area contributed by atoms with Crippen LogP contribution >= 0.6 is 35.3 Å². The van der Waals surface area contributed by atoms with Gasteiger partial charge in [0.25, 0.3) is 0 Å². The summed E-state index contributed by atoms with van der Waals surface area (Å²) in [6.07, 6.45) is 3.63. The number of hydrogen-bond acceptors (Lipinski definition) is 4. The summed E-state index contributed by atoms with van der Waals surface area (Å²) in [5.41, 5.74) is 7.28. The summed E-state index contributed by atoms with van der Waals surface area (Å²) in [6, 6.07) is 11.4. The quantitative estimate of drug-likeness (QED) is 0.669. The summed E-state index contributed by atoms with van der Waals surface area (Å²) in [5.74, 6) is -0.962. The SMILES string of the molecule is Cl.NC[C@]1(c2cccc(Cl)c2)CC[C@H](N2CCN(c3ccc(C(=O)O)s3)C2=O)CC1. The number of carboxylic acids is 1. The number of carbonyl (C=O) groups excluding carboxylic acids is 1. The molecule has 1 aromatic carbocycles. The van der Waals surface area contributed by atoms with Gasteiger partial charge in [-0.1, -0.05) is 23.7 Å². The third-order valence-electron chi connectivity index (χ3n) is 6.29. The Labute approximate surface area is 191 Å². The van der Waals surface area contributed by atoms with Crippen LogP contribution in [0.3, 0.4) is 0 Å². The highest BCUT2D eigenvalue weighted by Gasteiger charge is 2.41. The van der Waals surface area contributed by atoms with E-state index in [1.165, 1.54) is 5.56 Å². The molecule has 1 saturated carbocycles. The van der Waals surface area contributed by atoms with Crippen LogP contribution in [0.5, 0.6) is 0 Å². The van der Waals surface area contributed by atoms with Crippen LogP contribution in [0, 0.1) is 0 Å². The van der Waals surface area contributed by atoms with Gasteiger partial charge in [0.15, 0.2) is 0 Å². The summed E-state index contributed by atoms with van der Waals surface area (Å²) in [5, 5.41) is 10.5. The molecule has 2 fully saturated rings. The van der Waals surface area contributed by atoms with Crippen molar-refractivity contribution in [3.63, 3.8) is 0 Å². The fourth-order valence-corrected chi connectivity index (χ4v) is 5.64. The number of carboxylic acid groups (broad SMARTS) is 1. The van der Waals surface area contributed by atoms with Crippen molar-refractivity contribution in [3.8, 4) is 0 Å². The molecule has 9 heteroatoms. The lowest BCUT2D eigenvalue weighted by Gasteiger charge is -2.42. The molecular weight excluding hydrogens is 445 g/mol. The zero-order valence-corrected chi connectivity index (χ0v) is 18.8. The maximum absolute atomic E-state index is 13.0. The Hall–Kier alpha value is -1.80. The van der Waals surface area contributed by atoms with Crippen LogP contribution in [0.15, 0.2) is 36.4 Å². The van der Waals surface area contributed by atoms with Crippen molar-refractivity contribution in [2.24, 2.45) is 5.73 Å². The van der Waals surface area contributed by atoms with E-state index in [1.807, 2.05) is 23.1 Å².